The quantitative estimate of drug-likeness (QED) is 0.162. The van der Waals surface area contributed by atoms with Gasteiger partial charge in [0.15, 0.2) is 18.1 Å². The SMILES string of the molecule is CCOc1cc(/C=N\NC(=O)Cn2c(C)c(Br)c(COC)c(C#N)c2=O)ccc1OCC(=O)Nc1ccc(C23CC4CC(CC(C4)C2)C3)cc1. The number of benzene rings is 2. The van der Waals surface area contributed by atoms with Crippen molar-refractivity contribution in [2.75, 3.05) is 25.6 Å². The predicted octanol–water partition coefficient (Wildman–Crippen LogP) is 5.97. The molecule has 4 fully saturated rings. The maximum atomic E-state index is 12.9. The minimum absolute atomic E-state index is 0.0767. The molecule has 4 aliphatic rings. The van der Waals surface area contributed by atoms with Gasteiger partial charge in [0.2, 0.25) is 0 Å². The minimum Gasteiger partial charge on any atom is -0.490 e. The summed E-state index contributed by atoms with van der Waals surface area (Å²) in [6, 6.07) is 15.4. The van der Waals surface area contributed by atoms with E-state index in [9.17, 15) is 19.6 Å². The highest BCUT2D eigenvalue weighted by atomic mass is 79.9. The van der Waals surface area contributed by atoms with E-state index in [2.05, 4.69) is 43.9 Å². The van der Waals surface area contributed by atoms with E-state index < -0.39 is 11.5 Å². The van der Waals surface area contributed by atoms with Crippen LogP contribution in [0.25, 0.3) is 0 Å². The van der Waals surface area contributed by atoms with Gasteiger partial charge in [-0.1, -0.05) is 12.1 Å². The third kappa shape index (κ3) is 7.49. The van der Waals surface area contributed by atoms with E-state index in [1.54, 1.807) is 25.1 Å². The molecular formula is C38H42BrN5O6. The summed E-state index contributed by atoms with van der Waals surface area (Å²) >= 11 is 3.42. The molecule has 11 nitrogen and oxygen atoms in total. The van der Waals surface area contributed by atoms with Crippen LogP contribution in [0.1, 0.15) is 73.4 Å². The molecule has 12 heteroatoms. The van der Waals surface area contributed by atoms with Gasteiger partial charge >= 0.3 is 0 Å². The third-order valence-corrected chi connectivity index (χ3v) is 11.4. The second-order valence-electron chi connectivity index (χ2n) is 13.7. The van der Waals surface area contributed by atoms with Crippen molar-refractivity contribution >= 4 is 39.6 Å². The number of hydrogen-bond acceptors (Lipinski definition) is 8. The van der Waals surface area contributed by atoms with Gasteiger partial charge in [-0.3, -0.25) is 14.4 Å². The lowest BCUT2D eigenvalue weighted by molar-refractivity contribution is -0.121. The van der Waals surface area contributed by atoms with Crippen LogP contribution in [0, 0.1) is 36.0 Å². The molecule has 1 aromatic heterocycles. The lowest BCUT2D eigenvalue weighted by Crippen LogP contribution is -2.48. The van der Waals surface area contributed by atoms with Gasteiger partial charge in [-0.05, 0) is 133 Å². The minimum atomic E-state index is -0.588. The van der Waals surface area contributed by atoms with Crippen LogP contribution in [-0.2, 0) is 32.9 Å². The van der Waals surface area contributed by atoms with Gasteiger partial charge in [0.25, 0.3) is 17.4 Å². The van der Waals surface area contributed by atoms with E-state index in [-0.39, 0.29) is 31.2 Å². The van der Waals surface area contributed by atoms with Crippen LogP contribution < -0.4 is 25.8 Å². The number of ether oxygens (including phenoxy) is 3. The highest BCUT2D eigenvalue weighted by Crippen LogP contribution is 2.60. The van der Waals surface area contributed by atoms with E-state index in [1.165, 1.54) is 62.0 Å². The van der Waals surface area contributed by atoms with E-state index >= 15 is 0 Å². The number of rotatable bonds is 13. The number of amides is 2. The van der Waals surface area contributed by atoms with Crippen LogP contribution in [0.3, 0.4) is 0 Å². The third-order valence-electron chi connectivity index (χ3n) is 10.3. The maximum absolute atomic E-state index is 12.9. The molecule has 262 valence electrons. The number of pyridine rings is 1. The standard InChI is InChI=1S/C38H42BrN5O6/c1-4-49-33-14-24(19-41-43-34(45)20-44-23(2)36(39)31(21-48-3)30(18-40)37(44)47)5-10-32(33)50-22-35(46)42-29-8-6-28(7-9-29)38-15-25-11-26(16-38)13-27(12-25)17-38/h5-10,14,19,25-27H,4,11-13,15-17,20-22H2,1-3H3,(H,42,46)(H,43,45)/b41-19-. The van der Waals surface area contributed by atoms with Crippen molar-refractivity contribution in [3.8, 4) is 17.6 Å². The molecule has 2 aromatic carbocycles. The van der Waals surface area contributed by atoms with Crippen LogP contribution in [0.5, 0.6) is 11.5 Å². The Balaban J connectivity index is 1.03. The lowest BCUT2D eigenvalue weighted by atomic mass is 9.48. The fourth-order valence-corrected chi connectivity index (χ4v) is 9.04. The van der Waals surface area contributed by atoms with E-state index in [4.69, 9.17) is 14.2 Å². The summed E-state index contributed by atoms with van der Waals surface area (Å²) in [5.41, 5.74) is 5.73. The Morgan fingerprint density at radius 3 is 2.34 bits per heavy atom. The molecular weight excluding hydrogens is 702 g/mol. The molecule has 2 amide bonds. The van der Waals surface area contributed by atoms with Crippen molar-refractivity contribution in [2.24, 2.45) is 22.9 Å². The first-order valence-corrected chi connectivity index (χ1v) is 17.8. The first kappa shape index (κ1) is 35.4. The summed E-state index contributed by atoms with van der Waals surface area (Å²) in [4.78, 5) is 38.4. The number of methoxy groups -OCH3 is 1. The van der Waals surface area contributed by atoms with E-state index in [1.807, 2.05) is 25.1 Å². The van der Waals surface area contributed by atoms with Gasteiger partial charge < -0.3 is 24.1 Å². The molecule has 50 heavy (non-hydrogen) atoms. The van der Waals surface area contributed by atoms with Crippen LogP contribution in [-0.4, -0.2) is 42.9 Å². The zero-order valence-corrected chi connectivity index (χ0v) is 30.2. The fourth-order valence-electron chi connectivity index (χ4n) is 8.51. The largest absolute Gasteiger partial charge is 0.490 e. The lowest BCUT2D eigenvalue weighted by Gasteiger charge is -2.57. The van der Waals surface area contributed by atoms with Crippen LogP contribution in [0.2, 0.25) is 0 Å². The molecule has 0 atom stereocenters. The smallest absolute Gasteiger partial charge is 0.269 e. The van der Waals surface area contributed by atoms with Crippen LogP contribution in [0.4, 0.5) is 5.69 Å². The first-order chi connectivity index (χ1) is 24.1. The van der Waals surface area contributed by atoms with Gasteiger partial charge in [0, 0.05) is 28.5 Å². The van der Waals surface area contributed by atoms with Gasteiger partial charge in [-0.2, -0.15) is 10.4 Å². The number of nitrogens with one attached hydrogen (secondary N) is 2. The number of nitriles is 1. The molecule has 4 bridgehead atoms. The average Bonchev–Trinajstić information content (AvgIpc) is 3.09. The first-order valence-electron chi connectivity index (χ1n) is 17.1. The summed E-state index contributed by atoms with van der Waals surface area (Å²) in [7, 11) is 1.47. The van der Waals surface area contributed by atoms with Crippen molar-refractivity contribution in [2.45, 2.75) is 70.9 Å². The number of aromatic nitrogens is 1. The monoisotopic (exact) mass is 743 g/mol. The van der Waals surface area contributed by atoms with Gasteiger partial charge in [-0.15, -0.1) is 0 Å². The van der Waals surface area contributed by atoms with E-state index in [0.29, 0.717) is 44.8 Å². The Morgan fingerprint density at radius 1 is 1.04 bits per heavy atom. The number of anilines is 1. The summed E-state index contributed by atoms with van der Waals surface area (Å²) in [6.45, 7) is 3.42. The molecule has 0 radical (unpaired) electrons. The zero-order valence-electron chi connectivity index (χ0n) is 28.6. The molecule has 0 aliphatic heterocycles. The average molecular weight is 745 g/mol. The molecule has 1 heterocycles. The number of carbonyl (C=O) groups excluding carboxylic acids is 2. The summed E-state index contributed by atoms with van der Waals surface area (Å²) in [5, 5.41) is 16.5. The molecule has 7 rings (SSSR count). The number of hydrogen-bond donors (Lipinski definition) is 2. The van der Waals surface area contributed by atoms with Gasteiger partial charge in [-0.25, -0.2) is 5.43 Å². The summed E-state index contributed by atoms with van der Waals surface area (Å²) in [6.07, 6.45) is 9.57. The summed E-state index contributed by atoms with van der Waals surface area (Å²) in [5.74, 6) is 2.62. The molecule has 0 spiro atoms. The Kier molecular flexibility index (Phi) is 10.7. The van der Waals surface area contributed by atoms with Gasteiger partial charge in [0.1, 0.15) is 18.2 Å². The van der Waals surface area contributed by atoms with Crippen molar-refractivity contribution in [3.05, 3.63) is 85.2 Å². The molecule has 0 saturated heterocycles. The van der Waals surface area contributed by atoms with Crippen LogP contribution in [0.15, 0.2) is 56.8 Å². The molecule has 3 aromatic rings. The Hall–Kier alpha value is -4.47. The molecule has 0 unspecified atom stereocenters. The number of nitrogens with zero attached hydrogens (tertiary/aromatic N) is 3. The number of carbonyl (C=O) groups is 2. The topological polar surface area (TPSA) is 144 Å². The highest BCUT2D eigenvalue weighted by Gasteiger charge is 2.51. The molecule has 2 N–H and O–H groups in total. The zero-order chi connectivity index (χ0) is 35.4. The van der Waals surface area contributed by atoms with Crippen LogP contribution >= 0.6 is 15.9 Å². The summed E-state index contributed by atoms with van der Waals surface area (Å²) < 4.78 is 18.4. The Morgan fingerprint density at radius 2 is 1.72 bits per heavy atom. The van der Waals surface area contributed by atoms with Crippen molar-refractivity contribution < 1.29 is 23.8 Å². The molecule has 4 aliphatic carbocycles. The van der Waals surface area contributed by atoms with E-state index in [0.717, 1.165) is 23.4 Å². The predicted molar refractivity (Wildman–Crippen MR) is 192 cm³/mol. The Bertz CT molecular complexity index is 1860. The second-order valence-corrected chi connectivity index (χ2v) is 14.5. The number of hydrazone groups is 1. The second kappa shape index (κ2) is 15.2. The van der Waals surface area contributed by atoms with Crippen molar-refractivity contribution in [3.63, 3.8) is 0 Å². The maximum Gasteiger partial charge on any atom is 0.269 e. The normalized spacial score (nSPS) is 21.9. The highest BCUT2D eigenvalue weighted by molar-refractivity contribution is 9.10. The molecule has 4 saturated carbocycles. The van der Waals surface area contributed by atoms with Crippen molar-refractivity contribution in [1.82, 2.24) is 9.99 Å². The fraction of sp³-hybridized carbons (Fsp3) is 0.447. The van der Waals surface area contributed by atoms with Crippen molar-refractivity contribution in [1.29, 1.82) is 5.26 Å². The van der Waals surface area contributed by atoms with Gasteiger partial charge in [0.05, 0.1) is 19.4 Å². The Labute approximate surface area is 300 Å². The number of halogens is 1.